The Bertz CT molecular complexity index is 980. The Balaban J connectivity index is 1.31. The van der Waals surface area contributed by atoms with E-state index in [9.17, 15) is 9.59 Å². The summed E-state index contributed by atoms with van der Waals surface area (Å²) in [7, 11) is 1.55. The Morgan fingerprint density at radius 2 is 2.03 bits per heavy atom. The Kier molecular flexibility index (Phi) is 6.51. The number of amides is 2. The molecular weight excluding hydrogens is 420 g/mol. The van der Waals surface area contributed by atoms with Gasteiger partial charge in [-0.3, -0.25) is 9.59 Å². The van der Waals surface area contributed by atoms with Crippen molar-refractivity contribution in [2.45, 2.75) is 25.7 Å². The van der Waals surface area contributed by atoms with Crippen molar-refractivity contribution < 1.29 is 23.8 Å². The highest BCUT2D eigenvalue weighted by molar-refractivity contribution is 6.31. The number of hydrogen-bond donors (Lipinski definition) is 1. The van der Waals surface area contributed by atoms with Gasteiger partial charge >= 0.3 is 0 Å². The topological polar surface area (TPSA) is 77.1 Å². The normalized spacial score (nSPS) is 17.4. The van der Waals surface area contributed by atoms with Crippen LogP contribution in [0.2, 0.25) is 5.02 Å². The predicted octanol–water partition coefficient (Wildman–Crippen LogP) is 4.35. The number of ether oxygens (including phenoxy) is 3. The van der Waals surface area contributed by atoms with Gasteiger partial charge in [-0.1, -0.05) is 11.6 Å². The molecule has 2 heterocycles. The fraction of sp³-hybridized carbons (Fsp3) is 0.391. The van der Waals surface area contributed by atoms with E-state index in [2.05, 4.69) is 5.32 Å². The SMILES string of the molecule is COc1ccc(Cl)cc1NC(=O)CCC1CCCN(C(=O)c2ccc3c(c2)OCO3)C1. The van der Waals surface area contributed by atoms with Gasteiger partial charge in [0.15, 0.2) is 11.5 Å². The van der Waals surface area contributed by atoms with Crippen molar-refractivity contribution in [3.8, 4) is 17.2 Å². The van der Waals surface area contributed by atoms with Crippen molar-refractivity contribution in [3.05, 3.63) is 47.0 Å². The fourth-order valence-corrected chi connectivity index (χ4v) is 4.20. The number of anilines is 1. The minimum atomic E-state index is -0.0974. The number of nitrogens with one attached hydrogen (secondary N) is 1. The molecule has 1 atom stereocenters. The highest BCUT2D eigenvalue weighted by Crippen LogP contribution is 2.33. The van der Waals surface area contributed by atoms with Gasteiger partial charge in [0, 0.05) is 30.1 Å². The van der Waals surface area contributed by atoms with Crippen LogP contribution in [0.15, 0.2) is 36.4 Å². The van der Waals surface area contributed by atoms with Crippen molar-refractivity contribution in [2.75, 3.05) is 32.3 Å². The Morgan fingerprint density at radius 3 is 2.87 bits per heavy atom. The zero-order chi connectivity index (χ0) is 21.8. The van der Waals surface area contributed by atoms with Crippen LogP contribution in [0.3, 0.4) is 0 Å². The zero-order valence-corrected chi connectivity index (χ0v) is 18.1. The number of likely N-dealkylation sites (tertiary alicyclic amines) is 1. The van der Waals surface area contributed by atoms with Gasteiger partial charge in [-0.25, -0.2) is 0 Å². The molecule has 0 aromatic heterocycles. The highest BCUT2D eigenvalue weighted by atomic mass is 35.5. The number of rotatable bonds is 6. The highest BCUT2D eigenvalue weighted by Gasteiger charge is 2.26. The number of piperidine rings is 1. The smallest absolute Gasteiger partial charge is 0.254 e. The minimum absolute atomic E-state index is 0.0175. The lowest BCUT2D eigenvalue weighted by Gasteiger charge is -2.33. The summed E-state index contributed by atoms with van der Waals surface area (Å²) in [6.07, 6.45) is 3.00. The number of carbonyl (C=O) groups excluding carboxylic acids is 2. The summed E-state index contributed by atoms with van der Waals surface area (Å²) in [4.78, 5) is 27.3. The van der Waals surface area contributed by atoms with Crippen LogP contribution in [0.5, 0.6) is 17.2 Å². The van der Waals surface area contributed by atoms with E-state index in [4.69, 9.17) is 25.8 Å². The maximum absolute atomic E-state index is 13.0. The average Bonchev–Trinajstić information content (AvgIpc) is 3.25. The van der Waals surface area contributed by atoms with Crippen molar-refractivity contribution in [1.82, 2.24) is 4.90 Å². The second-order valence-electron chi connectivity index (χ2n) is 7.76. The summed E-state index contributed by atoms with van der Waals surface area (Å²) in [6.45, 7) is 1.54. The van der Waals surface area contributed by atoms with E-state index in [0.29, 0.717) is 52.9 Å². The van der Waals surface area contributed by atoms with E-state index in [1.54, 1.807) is 43.5 Å². The molecule has 164 valence electrons. The van der Waals surface area contributed by atoms with Crippen LogP contribution in [0, 0.1) is 5.92 Å². The Labute approximate surface area is 186 Å². The molecule has 1 N–H and O–H groups in total. The standard InChI is InChI=1S/C23H25ClN2O5/c1-29-19-8-6-17(24)12-18(19)25-22(27)9-4-15-3-2-10-26(13-15)23(28)16-5-7-20-21(11-16)31-14-30-20/h5-8,11-12,15H,2-4,9-10,13-14H2,1H3,(H,25,27). The van der Waals surface area contributed by atoms with E-state index >= 15 is 0 Å². The average molecular weight is 445 g/mol. The van der Waals surface area contributed by atoms with Gasteiger partial charge in [0.2, 0.25) is 12.7 Å². The van der Waals surface area contributed by atoms with Gasteiger partial charge in [0.05, 0.1) is 12.8 Å². The van der Waals surface area contributed by atoms with Crippen molar-refractivity contribution >= 4 is 29.1 Å². The minimum Gasteiger partial charge on any atom is -0.495 e. The molecule has 0 bridgehead atoms. The van der Waals surface area contributed by atoms with Crippen LogP contribution in [-0.2, 0) is 4.79 Å². The van der Waals surface area contributed by atoms with E-state index in [0.717, 1.165) is 19.4 Å². The second kappa shape index (κ2) is 9.47. The largest absolute Gasteiger partial charge is 0.495 e. The first-order valence-corrected chi connectivity index (χ1v) is 10.7. The number of hydrogen-bond acceptors (Lipinski definition) is 5. The van der Waals surface area contributed by atoms with Crippen molar-refractivity contribution in [2.24, 2.45) is 5.92 Å². The van der Waals surface area contributed by atoms with Gasteiger partial charge in [0.1, 0.15) is 5.75 Å². The summed E-state index contributed by atoms with van der Waals surface area (Å²) in [5.74, 6) is 1.99. The number of benzene rings is 2. The quantitative estimate of drug-likeness (QED) is 0.716. The number of nitrogens with zero attached hydrogens (tertiary/aromatic N) is 1. The van der Waals surface area contributed by atoms with Gasteiger partial charge in [-0.05, 0) is 61.6 Å². The molecule has 2 aromatic rings. The molecule has 2 aliphatic rings. The van der Waals surface area contributed by atoms with Gasteiger partial charge in [0.25, 0.3) is 5.91 Å². The number of methoxy groups -OCH3 is 1. The third kappa shape index (κ3) is 5.05. The number of carbonyl (C=O) groups is 2. The maximum atomic E-state index is 13.0. The lowest BCUT2D eigenvalue weighted by molar-refractivity contribution is -0.116. The zero-order valence-electron chi connectivity index (χ0n) is 17.4. The molecule has 0 saturated carbocycles. The van der Waals surface area contributed by atoms with Gasteiger partial charge in [-0.2, -0.15) is 0 Å². The van der Waals surface area contributed by atoms with E-state index in [-0.39, 0.29) is 24.5 Å². The van der Waals surface area contributed by atoms with E-state index in [1.807, 2.05) is 4.90 Å². The number of fused-ring (bicyclic) bond motifs is 1. The van der Waals surface area contributed by atoms with Crippen LogP contribution in [-0.4, -0.2) is 43.7 Å². The second-order valence-corrected chi connectivity index (χ2v) is 8.20. The maximum Gasteiger partial charge on any atom is 0.254 e. The van der Waals surface area contributed by atoms with Crippen LogP contribution in [0.1, 0.15) is 36.0 Å². The lowest BCUT2D eigenvalue weighted by Crippen LogP contribution is -2.40. The molecule has 1 saturated heterocycles. The van der Waals surface area contributed by atoms with E-state index < -0.39 is 0 Å². The fourth-order valence-electron chi connectivity index (χ4n) is 4.02. The van der Waals surface area contributed by atoms with E-state index in [1.165, 1.54) is 0 Å². The monoisotopic (exact) mass is 444 g/mol. The molecule has 2 aromatic carbocycles. The van der Waals surface area contributed by atoms with Gasteiger partial charge in [-0.15, -0.1) is 0 Å². The van der Waals surface area contributed by atoms with Crippen LogP contribution in [0.25, 0.3) is 0 Å². The molecule has 7 nitrogen and oxygen atoms in total. The lowest BCUT2D eigenvalue weighted by atomic mass is 9.92. The van der Waals surface area contributed by atoms with Crippen molar-refractivity contribution in [3.63, 3.8) is 0 Å². The summed E-state index contributed by atoms with van der Waals surface area (Å²) in [6, 6.07) is 10.4. The van der Waals surface area contributed by atoms with Crippen LogP contribution >= 0.6 is 11.6 Å². The molecule has 0 spiro atoms. The molecule has 1 fully saturated rings. The Hall–Kier alpha value is -2.93. The first-order valence-electron chi connectivity index (χ1n) is 10.4. The van der Waals surface area contributed by atoms with Crippen molar-refractivity contribution in [1.29, 1.82) is 0 Å². The third-order valence-electron chi connectivity index (χ3n) is 5.64. The molecular formula is C23H25ClN2O5. The molecule has 2 aliphatic heterocycles. The molecule has 0 radical (unpaired) electrons. The summed E-state index contributed by atoms with van der Waals surface area (Å²) in [5, 5.41) is 3.40. The molecule has 31 heavy (non-hydrogen) atoms. The summed E-state index contributed by atoms with van der Waals surface area (Å²) >= 11 is 6.02. The predicted molar refractivity (Wildman–Crippen MR) is 117 cm³/mol. The summed E-state index contributed by atoms with van der Waals surface area (Å²) in [5.41, 5.74) is 1.15. The third-order valence-corrected chi connectivity index (χ3v) is 5.88. The molecule has 4 rings (SSSR count). The number of halogens is 1. The first kappa shape index (κ1) is 21.3. The summed E-state index contributed by atoms with van der Waals surface area (Å²) < 4.78 is 16.0. The molecule has 1 unspecified atom stereocenters. The van der Waals surface area contributed by atoms with Gasteiger partial charge < -0.3 is 24.4 Å². The molecule has 2 amide bonds. The first-order chi connectivity index (χ1) is 15.0. The Morgan fingerprint density at radius 1 is 1.19 bits per heavy atom. The molecule has 8 heteroatoms. The molecule has 0 aliphatic carbocycles. The van der Waals surface area contributed by atoms with Crippen LogP contribution in [0.4, 0.5) is 5.69 Å². The van der Waals surface area contributed by atoms with Crippen LogP contribution < -0.4 is 19.5 Å².